The van der Waals surface area contributed by atoms with Gasteiger partial charge in [-0.3, -0.25) is 4.79 Å². The summed E-state index contributed by atoms with van der Waals surface area (Å²) in [6.07, 6.45) is 0.615. The molecular weight excluding hydrogens is 206 g/mol. The van der Waals surface area contributed by atoms with Gasteiger partial charge in [-0.25, -0.2) is 0 Å². The largest absolute Gasteiger partial charge is 0.508 e. The summed E-state index contributed by atoms with van der Waals surface area (Å²) in [6, 6.07) is 5.07. The molecule has 0 fully saturated rings. The molecule has 4 heteroatoms. The molecule has 0 atom stereocenters. The normalized spacial score (nSPS) is 10.7. The predicted molar refractivity (Wildman–Crippen MR) is 61.5 cm³/mol. The lowest BCUT2D eigenvalue weighted by Crippen LogP contribution is -2.12. The quantitative estimate of drug-likeness (QED) is 0.793. The number of aromatic hydroxyl groups is 1. The summed E-state index contributed by atoms with van der Waals surface area (Å²) in [5, 5.41) is 18.0. The van der Waals surface area contributed by atoms with E-state index in [2.05, 4.69) is 0 Å². The standard InChI is InChI=1S/C12H17NO3/c1-13(2)8-10-7-11(14)5-3-9(10)4-6-12(15)16/h3,5,7,14H,4,6,8H2,1-2H3,(H,15,16). The number of benzene rings is 1. The lowest BCUT2D eigenvalue weighted by atomic mass is 10.0. The highest BCUT2D eigenvalue weighted by atomic mass is 16.4. The molecule has 2 N–H and O–H groups in total. The minimum Gasteiger partial charge on any atom is -0.508 e. The molecule has 0 saturated heterocycles. The van der Waals surface area contributed by atoms with Gasteiger partial charge in [0.15, 0.2) is 0 Å². The second-order valence-electron chi connectivity index (χ2n) is 4.08. The number of carboxylic acid groups (broad SMARTS) is 1. The summed E-state index contributed by atoms with van der Waals surface area (Å²) in [5.74, 6) is -0.584. The summed E-state index contributed by atoms with van der Waals surface area (Å²) in [7, 11) is 3.87. The van der Waals surface area contributed by atoms with Gasteiger partial charge in [-0.05, 0) is 43.8 Å². The number of carboxylic acids is 1. The number of phenolic OH excluding ortho intramolecular Hbond substituents is 1. The van der Waals surface area contributed by atoms with E-state index in [1.54, 1.807) is 18.2 Å². The molecule has 4 nitrogen and oxygen atoms in total. The highest BCUT2D eigenvalue weighted by Gasteiger charge is 2.07. The predicted octanol–water partition coefficient (Wildman–Crippen LogP) is 1.47. The van der Waals surface area contributed by atoms with Crippen LogP contribution in [0.25, 0.3) is 0 Å². The fourth-order valence-corrected chi connectivity index (χ4v) is 1.59. The van der Waals surface area contributed by atoms with Crippen LogP contribution in [-0.2, 0) is 17.8 Å². The van der Waals surface area contributed by atoms with Crippen LogP contribution in [0.1, 0.15) is 17.5 Å². The Kier molecular flexibility index (Phi) is 4.31. The first-order valence-corrected chi connectivity index (χ1v) is 5.16. The Hall–Kier alpha value is -1.55. The second-order valence-corrected chi connectivity index (χ2v) is 4.08. The molecule has 0 unspecified atom stereocenters. The Morgan fingerprint density at radius 2 is 2.00 bits per heavy atom. The molecule has 0 saturated carbocycles. The molecule has 0 spiro atoms. The molecule has 0 amide bonds. The van der Waals surface area contributed by atoms with E-state index in [4.69, 9.17) is 5.11 Å². The van der Waals surface area contributed by atoms with Crippen LogP contribution in [0.2, 0.25) is 0 Å². The highest BCUT2D eigenvalue weighted by molar-refractivity contribution is 5.67. The lowest BCUT2D eigenvalue weighted by Gasteiger charge is -2.14. The minimum atomic E-state index is -0.802. The molecule has 0 aliphatic rings. The number of aryl methyl sites for hydroxylation is 1. The van der Waals surface area contributed by atoms with E-state index in [1.165, 1.54) is 0 Å². The van der Waals surface area contributed by atoms with Gasteiger partial charge >= 0.3 is 5.97 Å². The first-order chi connectivity index (χ1) is 7.49. The fraction of sp³-hybridized carbons (Fsp3) is 0.417. The van der Waals surface area contributed by atoms with Crippen molar-refractivity contribution in [2.45, 2.75) is 19.4 Å². The van der Waals surface area contributed by atoms with E-state index in [0.29, 0.717) is 13.0 Å². The van der Waals surface area contributed by atoms with Gasteiger partial charge in [0.05, 0.1) is 0 Å². The van der Waals surface area contributed by atoms with Crippen LogP contribution in [0.3, 0.4) is 0 Å². The number of phenols is 1. The van der Waals surface area contributed by atoms with Crippen molar-refractivity contribution in [3.8, 4) is 5.75 Å². The van der Waals surface area contributed by atoms with Gasteiger partial charge in [-0.15, -0.1) is 0 Å². The zero-order valence-electron chi connectivity index (χ0n) is 9.60. The molecule has 0 bridgehead atoms. The molecule has 88 valence electrons. The van der Waals surface area contributed by atoms with Gasteiger partial charge in [-0.1, -0.05) is 6.07 Å². The van der Waals surface area contributed by atoms with Gasteiger partial charge in [-0.2, -0.15) is 0 Å². The van der Waals surface area contributed by atoms with Gasteiger partial charge in [0.25, 0.3) is 0 Å². The van der Waals surface area contributed by atoms with E-state index in [0.717, 1.165) is 11.1 Å². The number of nitrogens with zero attached hydrogens (tertiary/aromatic N) is 1. The Morgan fingerprint density at radius 1 is 1.31 bits per heavy atom. The van der Waals surface area contributed by atoms with E-state index in [-0.39, 0.29) is 12.2 Å². The fourth-order valence-electron chi connectivity index (χ4n) is 1.59. The van der Waals surface area contributed by atoms with Crippen LogP contribution in [0.15, 0.2) is 18.2 Å². The maximum atomic E-state index is 10.5. The third-order valence-electron chi connectivity index (χ3n) is 2.28. The molecule has 0 aromatic heterocycles. The molecule has 0 aliphatic carbocycles. The molecular formula is C12H17NO3. The van der Waals surface area contributed by atoms with Crippen molar-refractivity contribution in [2.24, 2.45) is 0 Å². The van der Waals surface area contributed by atoms with Crippen molar-refractivity contribution < 1.29 is 15.0 Å². The lowest BCUT2D eigenvalue weighted by molar-refractivity contribution is -0.136. The first kappa shape index (κ1) is 12.5. The Balaban J connectivity index is 2.84. The molecule has 16 heavy (non-hydrogen) atoms. The number of carbonyl (C=O) groups is 1. The Morgan fingerprint density at radius 3 is 2.56 bits per heavy atom. The van der Waals surface area contributed by atoms with E-state index >= 15 is 0 Å². The number of hydrogen-bond acceptors (Lipinski definition) is 3. The molecule has 0 aliphatic heterocycles. The van der Waals surface area contributed by atoms with Crippen LogP contribution in [0.4, 0.5) is 0 Å². The van der Waals surface area contributed by atoms with Crippen LogP contribution in [0, 0.1) is 0 Å². The summed E-state index contributed by atoms with van der Waals surface area (Å²) in [4.78, 5) is 12.5. The van der Waals surface area contributed by atoms with Gasteiger partial charge in [0, 0.05) is 13.0 Å². The van der Waals surface area contributed by atoms with Gasteiger partial charge in [0.1, 0.15) is 5.75 Å². The van der Waals surface area contributed by atoms with Crippen LogP contribution >= 0.6 is 0 Å². The van der Waals surface area contributed by atoms with Crippen LogP contribution < -0.4 is 0 Å². The van der Waals surface area contributed by atoms with Gasteiger partial charge < -0.3 is 15.1 Å². The average Bonchev–Trinajstić information content (AvgIpc) is 2.15. The van der Waals surface area contributed by atoms with E-state index in [9.17, 15) is 9.90 Å². The molecule has 1 rings (SSSR count). The zero-order chi connectivity index (χ0) is 12.1. The minimum absolute atomic E-state index is 0.116. The molecule has 0 radical (unpaired) electrons. The zero-order valence-corrected chi connectivity index (χ0v) is 9.60. The van der Waals surface area contributed by atoms with Crippen molar-refractivity contribution in [3.63, 3.8) is 0 Å². The third-order valence-corrected chi connectivity index (χ3v) is 2.28. The maximum Gasteiger partial charge on any atom is 0.303 e. The van der Waals surface area contributed by atoms with Crippen molar-refractivity contribution in [1.82, 2.24) is 4.90 Å². The van der Waals surface area contributed by atoms with E-state index in [1.807, 2.05) is 19.0 Å². The Bertz CT molecular complexity index is 375. The molecule has 1 aromatic carbocycles. The SMILES string of the molecule is CN(C)Cc1cc(O)ccc1CCC(=O)O. The van der Waals surface area contributed by atoms with Crippen molar-refractivity contribution in [1.29, 1.82) is 0 Å². The van der Waals surface area contributed by atoms with Crippen molar-refractivity contribution in [3.05, 3.63) is 29.3 Å². The first-order valence-electron chi connectivity index (χ1n) is 5.16. The smallest absolute Gasteiger partial charge is 0.303 e. The van der Waals surface area contributed by atoms with Gasteiger partial charge in [0.2, 0.25) is 0 Å². The summed E-state index contributed by atoms with van der Waals surface area (Å²) in [6.45, 7) is 0.698. The van der Waals surface area contributed by atoms with E-state index < -0.39 is 5.97 Å². The van der Waals surface area contributed by atoms with Crippen LogP contribution in [-0.4, -0.2) is 35.2 Å². The summed E-state index contributed by atoms with van der Waals surface area (Å²) >= 11 is 0. The third kappa shape index (κ3) is 3.90. The maximum absolute atomic E-state index is 10.5. The number of hydrogen-bond donors (Lipinski definition) is 2. The number of aliphatic carboxylic acids is 1. The summed E-state index contributed by atoms with van der Waals surface area (Å²) < 4.78 is 0. The van der Waals surface area contributed by atoms with Crippen molar-refractivity contribution >= 4 is 5.97 Å². The van der Waals surface area contributed by atoms with Crippen LogP contribution in [0.5, 0.6) is 5.75 Å². The molecule has 1 aromatic rings. The highest BCUT2D eigenvalue weighted by Crippen LogP contribution is 2.19. The Labute approximate surface area is 95.1 Å². The average molecular weight is 223 g/mol. The summed E-state index contributed by atoms with van der Waals surface area (Å²) in [5.41, 5.74) is 1.96. The monoisotopic (exact) mass is 223 g/mol. The second kappa shape index (κ2) is 5.51. The molecule has 0 heterocycles. The van der Waals surface area contributed by atoms with Crippen molar-refractivity contribution in [2.75, 3.05) is 14.1 Å². The topological polar surface area (TPSA) is 60.8 Å². The number of rotatable bonds is 5.